The van der Waals surface area contributed by atoms with E-state index in [0.717, 1.165) is 14.7 Å². The molecule has 0 saturated carbocycles. The number of carbonyl (C=O) groups is 9. The molecule has 544 valence electrons. The summed E-state index contributed by atoms with van der Waals surface area (Å²) in [7, 11) is 0. The number of amides is 9. The molecule has 0 fully saturated rings. The van der Waals surface area contributed by atoms with Crippen LogP contribution in [0.4, 0.5) is 0 Å². The minimum atomic E-state index is -0.769. The molecule has 0 aromatic rings. The molecule has 0 unspecified atom stereocenters. The van der Waals surface area contributed by atoms with Crippen LogP contribution < -0.4 is 16.0 Å². The molecule has 3 aliphatic heterocycles. The average Bonchev–Trinajstić information content (AvgIpc) is 1.94. The summed E-state index contributed by atoms with van der Waals surface area (Å²) in [5.74, 6) is -3.53. The predicted molar refractivity (Wildman–Crippen MR) is 356 cm³/mol. The van der Waals surface area contributed by atoms with E-state index in [-0.39, 0.29) is 165 Å². The van der Waals surface area contributed by atoms with Crippen molar-refractivity contribution >= 4 is 53.2 Å². The second-order valence-corrected chi connectivity index (χ2v) is 20.8. The quantitative estimate of drug-likeness (QED) is 0.0190. The lowest BCUT2D eigenvalue weighted by Crippen LogP contribution is -2.42. The topological polar surface area (TPSA) is 517 Å². The number of nitrogens with one attached hydrogen (secondary N) is 3. The third-order valence-corrected chi connectivity index (χ3v) is 13.1. The Labute approximate surface area is 566 Å². The number of hydrogen-bond donors (Lipinski definition) is 3. The normalized spacial score (nSPS) is 13.2. The van der Waals surface area contributed by atoms with Crippen molar-refractivity contribution in [1.29, 1.82) is 0 Å². The Balaban J connectivity index is -0.00000178. The molecule has 97 heavy (non-hydrogen) atoms. The third-order valence-electron chi connectivity index (χ3n) is 13.1. The Hall–Kier alpha value is -8.72. The summed E-state index contributed by atoms with van der Waals surface area (Å²) in [6, 6.07) is 0. The zero-order chi connectivity index (χ0) is 67.9. The van der Waals surface area contributed by atoms with Crippen LogP contribution in [0.2, 0.25) is 0 Å². The Morgan fingerprint density at radius 3 is 0.680 bits per heavy atom. The summed E-state index contributed by atoms with van der Waals surface area (Å²) in [5.41, 5.74) is 40.9. The van der Waals surface area contributed by atoms with E-state index >= 15 is 0 Å². The highest BCUT2D eigenvalue weighted by Crippen LogP contribution is 2.23. The van der Waals surface area contributed by atoms with Gasteiger partial charge in [0.1, 0.15) is 0 Å². The fraction of sp³-hybridized carbons (Fsp3) is 0.746. The van der Waals surface area contributed by atoms with Gasteiger partial charge in [-0.2, -0.15) is 0 Å². The molecule has 0 aromatic carbocycles. The number of ether oxygens (including phenoxy) is 8. The monoisotopic (exact) mass is 1380 g/mol. The molecular weight excluding hydrogens is 1270 g/mol. The molecule has 3 rings (SSSR count). The van der Waals surface area contributed by atoms with Crippen LogP contribution in [0.25, 0.3) is 52.2 Å². The lowest BCUT2D eigenvalue weighted by molar-refractivity contribution is -0.139. The summed E-state index contributed by atoms with van der Waals surface area (Å²) in [6.07, 6.45) is 11.1. The first-order chi connectivity index (χ1) is 45.2. The molecule has 3 N–H and O–H groups in total. The third kappa shape index (κ3) is 43.9. The van der Waals surface area contributed by atoms with Gasteiger partial charge in [0, 0.05) is 205 Å². The second kappa shape index (κ2) is 59.7. The highest BCUT2D eigenvalue weighted by molar-refractivity contribution is 6.14. The first-order valence-electron chi connectivity index (χ1n) is 30.3. The van der Waals surface area contributed by atoms with Gasteiger partial charge < -0.3 is 53.8 Å². The van der Waals surface area contributed by atoms with E-state index in [9.17, 15) is 43.2 Å². The summed E-state index contributed by atoms with van der Waals surface area (Å²) < 4.78 is 47.3. The molecule has 0 bridgehead atoms. The number of imide groups is 3. The van der Waals surface area contributed by atoms with Crippen molar-refractivity contribution in [3.8, 4) is 0 Å². The van der Waals surface area contributed by atoms with E-state index in [1.807, 2.05) is 0 Å². The van der Waals surface area contributed by atoms with Crippen LogP contribution in [-0.4, -0.2) is 246 Å². The number of carbonyl (C=O) groups excluding carboxylic acids is 9. The summed E-state index contributed by atoms with van der Waals surface area (Å²) >= 11 is 0. The molecular formula is C59H101N21O17. The van der Waals surface area contributed by atoms with Crippen LogP contribution >= 0.6 is 0 Å². The van der Waals surface area contributed by atoms with Crippen molar-refractivity contribution in [2.45, 2.75) is 100 Å². The van der Waals surface area contributed by atoms with Gasteiger partial charge in [-0.15, -0.1) is 0 Å². The lowest BCUT2D eigenvalue weighted by Gasteiger charge is -2.33. The van der Waals surface area contributed by atoms with Gasteiger partial charge in [0.15, 0.2) is 0 Å². The molecule has 38 heteroatoms. The van der Waals surface area contributed by atoms with Crippen LogP contribution in [0.5, 0.6) is 0 Å². The number of nitrogens with zero attached hydrogens (tertiary/aromatic N) is 18. The second-order valence-electron chi connectivity index (χ2n) is 20.8. The Kier molecular flexibility index (Phi) is 57.0. The van der Waals surface area contributed by atoms with E-state index in [1.165, 1.54) is 36.5 Å². The van der Waals surface area contributed by atoms with E-state index in [1.54, 1.807) is 0 Å². The minimum absolute atomic E-state index is 0. The Morgan fingerprint density at radius 2 is 0.505 bits per heavy atom. The minimum Gasteiger partial charge on any atom is -0.381 e. The van der Waals surface area contributed by atoms with Crippen LogP contribution in [0.1, 0.15) is 100 Å². The summed E-state index contributed by atoms with van der Waals surface area (Å²) in [4.78, 5) is 123. The van der Waals surface area contributed by atoms with Crippen LogP contribution in [0, 0.1) is 10.8 Å². The van der Waals surface area contributed by atoms with Gasteiger partial charge in [-0.25, -0.2) is 0 Å². The number of hydrogen-bond acceptors (Lipinski definition) is 22. The highest BCUT2D eigenvalue weighted by Gasteiger charge is 2.34. The lowest BCUT2D eigenvalue weighted by atomic mass is 9.92. The Morgan fingerprint density at radius 1 is 0.330 bits per heavy atom. The maximum Gasteiger partial charge on any atom is 0.253 e. The van der Waals surface area contributed by atoms with E-state index in [2.05, 4.69) is 66.1 Å². The predicted octanol–water partition coefficient (Wildman–Crippen LogP) is 6.59. The van der Waals surface area contributed by atoms with Gasteiger partial charge in [-0.1, -0.05) is 55.3 Å². The fourth-order valence-electron chi connectivity index (χ4n) is 8.29. The molecule has 0 radical (unpaired) electrons. The maximum absolute atomic E-state index is 12.2. The molecule has 9 amide bonds. The van der Waals surface area contributed by atoms with Gasteiger partial charge in [-0.05, 0) is 79.0 Å². The maximum atomic E-state index is 12.2. The average molecular weight is 1380 g/mol. The first-order valence-corrected chi connectivity index (χ1v) is 30.3. The molecule has 0 atom stereocenters. The molecule has 0 saturated heterocycles. The van der Waals surface area contributed by atoms with Crippen molar-refractivity contribution in [3.63, 3.8) is 0 Å². The van der Waals surface area contributed by atoms with Gasteiger partial charge in [0.05, 0.1) is 63.7 Å². The van der Waals surface area contributed by atoms with Gasteiger partial charge in [-0.3, -0.25) is 57.9 Å². The zero-order valence-corrected chi connectivity index (χ0v) is 52.3. The number of azide groups is 5. The molecule has 38 nitrogen and oxygen atoms in total. The van der Waals surface area contributed by atoms with Crippen molar-refractivity contribution in [2.75, 3.05) is 178 Å². The highest BCUT2D eigenvalue weighted by atomic mass is 16.5. The van der Waals surface area contributed by atoms with Crippen molar-refractivity contribution in [3.05, 3.63) is 88.7 Å². The van der Waals surface area contributed by atoms with Crippen molar-refractivity contribution in [1.82, 2.24) is 30.7 Å². The molecule has 3 heterocycles. The molecule has 0 aliphatic carbocycles. The summed E-state index contributed by atoms with van der Waals surface area (Å²) in [5, 5.41) is 25.7. The fourth-order valence-corrected chi connectivity index (χ4v) is 8.29. The van der Waals surface area contributed by atoms with Crippen LogP contribution in [-0.2, 0) is 81.0 Å². The Bertz CT molecular complexity index is 2490. The van der Waals surface area contributed by atoms with Gasteiger partial charge in [0.25, 0.3) is 35.4 Å². The summed E-state index contributed by atoms with van der Waals surface area (Å²) in [6.45, 7) is 6.57. The SMILES string of the molecule is C.C.C.C.[N-]=[N+]=NCCCOCC(COCCCN=[N+]=[N-])(COCCCN=[N+]=[N-])COCCCNC(=O)CCN1C(=O)C=CC1=O.[N-]=[N+]=NCCCOCC(COCCCN=[N+]=[N-])(COCCCNC(=O)CCN1C(=O)C=CC1=O)COCCCNC(=O)CCN1C(=O)C=CC1=O. The van der Waals surface area contributed by atoms with Gasteiger partial charge in [0.2, 0.25) is 17.7 Å². The van der Waals surface area contributed by atoms with E-state index in [4.69, 9.17) is 65.6 Å². The van der Waals surface area contributed by atoms with Crippen LogP contribution in [0.15, 0.2) is 62.0 Å². The van der Waals surface area contributed by atoms with Gasteiger partial charge >= 0.3 is 0 Å². The smallest absolute Gasteiger partial charge is 0.253 e. The number of rotatable bonds is 57. The van der Waals surface area contributed by atoms with E-state index in [0.29, 0.717) is 130 Å². The first kappa shape index (κ1) is 92.5. The molecule has 3 aliphatic rings. The standard InChI is InChI=1S/C31H46N10O10.C24H39N11O7.4CH4/c32-38-36-13-3-19-50-23-31(24-51-20-4-14-37-39-33,21-48-17-1-11-34-25(42)9-15-40-27(44)5-6-28(40)45)22-49-18-2-12-35-26(43)10-16-41-29(46)7-8-30(41)47;25-32-29-9-2-14-40-18-24(19-41-15-3-10-30-33-26,20-42-16-4-11-31-34-27)17-39-13-1-8-28-21(36)7-12-35-22(37)5-6-23(35)38;;;;/h5-8H,1-4,9-24H2,(H,34,42)(H,35,43);5-6H,1-4,7-20H2,(H,28,36);4*1H4. The molecule has 0 aromatic heterocycles. The largest absolute Gasteiger partial charge is 0.381 e. The van der Waals surface area contributed by atoms with Crippen LogP contribution in [0.3, 0.4) is 0 Å². The van der Waals surface area contributed by atoms with E-state index < -0.39 is 46.3 Å². The van der Waals surface area contributed by atoms with Crippen molar-refractivity contribution < 1.29 is 81.0 Å². The van der Waals surface area contributed by atoms with Crippen molar-refractivity contribution in [2.24, 2.45) is 36.4 Å². The molecule has 0 spiro atoms. The zero-order valence-electron chi connectivity index (χ0n) is 52.3.